The molecule has 4 N–H and O–H groups in total. The number of carboxylic acids is 1. The van der Waals surface area contributed by atoms with Crippen molar-refractivity contribution in [3.05, 3.63) is 12.7 Å². The molecule has 7 atom stereocenters. The zero-order valence-electron chi connectivity index (χ0n) is 20.4. The lowest BCUT2D eigenvalue weighted by atomic mass is 9.85. The smallest absolute Gasteiger partial charge is 0.408 e. The number of carbonyl (C=O) groups excluding carboxylic acids is 3. The van der Waals surface area contributed by atoms with Crippen LogP contribution in [-0.2, 0) is 19.1 Å². The van der Waals surface area contributed by atoms with Gasteiger partial charge in [-0.15, -0.1) is 6.58 Å². The first kappa shape index (κ1) is 26.0. The van der Waals surface area contributed by atoms with Crippen LogP contribution in [0.3, 0.4) is 0 Å². The van der Waals surface area contributed by atoms with Gasteiger partial charge in [0.05, 0.1) is 6.10 Å². The standard InChI is InChI=1S/C24H37N3O7/c1-6-14-11-24(14,21(31)32)26-19(29)17-10-15(28)12-27(17)20(30)18(23(3,4)5)25-22(33)34-16-8-7-13(2)9-16/h6,13-18,28H,1,7-12H2,2-5H3,(H,25,33)(H,26,29)(H,31,32)/t13?,14?,15-,16?,17?,18?,24-/m1/s1. The molecule has 0 aromatic carbocycles. The number of amides is 3. The van der Waals surface area contributed by atoms with Crippen molar-refractivity contribution in [3.63, 3.8) is 0 Å². The number of carbonyl (C=O) groups is 4. The summed E-state index contributed by atoms with van der Waals surface area (Å²) in [6, 6.07) is -2.06. The van der Waals surface area contributed by atoms with E-state index in [4.69, 9.17) is 4.74 Å². The number of aliphatic carboxylic acids is 1. The minimum absolute atomic E-state index is 0.0205. The lowest BCUT2D eigenvalue weighted by Crippen LogP contribution is -2.59. The Morgan fingerprint density at radius 2 is 1.88 bits per heavy atom. The van der Waals surface area contributed by atoms with Gasteiger partial charge in [-0.1, -0.05) is 33.8 Å². The van der Waals surface area contributed by atoms with Gasteiger partial charge >= 0.3 is 12.1 Å². The molecule has 0 spiro atoms. The van der Waals surface area contributed by atoms with Gasteiger partial charge in [0.1, 0.15) is 23.7 Å². The molecule has 1 saturated heterocycles. The van der Waals surface area contributed by atoms with Crippen molar-refractivity contribution in [2.75, 3.05) is 6.54 Å². The lowest BCUT2D eigenvalue weighted by Gasteiger charge is -2.35. The Bertz CT molecular complexity index is 854. The molecule has 3 rings (SSSR count). The first-order chi connectivity index (χ1) is 15.8. The maximum Gasteiger partial charge on any atom is 0.408 e. The number of nitrogens with one attached hydrogen (secondary N) is 2. The first-order valence-corrected chi connectivity index (χ1v) is 11.9. The van der Waals surface area contributed by atoms with Gasteiger partial charge in [0, 0.05) is 18.9 Å². The quantitative estimate of drug-likeness (QED) is 0.404. The molecule has 0 aromatic rings. The number of β-amino-alcohol motifs (C(OH)–C–C–N with tert-alkyl or cyclic N) is 1. The molecule has 3 amide bonds. The van der Waals surface area contributed by atoms with E-state index < -0.39 is 58.9 Å². The molecule has 10 nitrogen and oxygen atoms in total. The van der Waals surface area contributed by atoms with Gasteiger partial charge in [-0.05, 0) is 37.0 Å². The summed E-state index contributed by atoms with van der Waals surface area (Å²) >= 11 is 0. The summed E-state index contributed by atoms with van der Waals surface area (Å²) in [6.07, 6.45) is 2.39. The maximum absolute atomic E-state index is 13.5. The summed E-state index contributed by atoms with van der Waals surface area (Å²) < 4.78 is 5.52. The number of ether oxygens (including phenoxy) is 1. The monoisotopic (exact) mass is 479 g/mol. The maximum atomic E-state index is 13.5. The average Bonchev–Trinajstić information content (AvgIpc) is 3.07. The molecular formula is C24H37N3O7. The van der Waals surface area contributed by atoms with E-state index in [2.05, 4.69) is 24.1 Å². The van der Waals surface area contributed by atoms with Crippen molar-refractivity contribution in [3.8, 4) is 0 Å². The molecule has 190 valence electrons. The molecule has 1 heterocycles. The van der Waals surface area contributed by atoms with Crippen molar-refractivity contribution in [2.24, 2.45) is 17.3 Å². The summed E-state index contributed by atoms with van der Waals surface area (Å²) in [5, 5.41) is 25.1. The van der Waals surface area contributed by atoms with Gasteiger partial charge in [0.2, 0.25) is 11.8 Å². The van der Waals surface area contributed by atoms with E-state index in [1.165, 1.54) is 11.0 Å². The SMILES string of the molecule is C=CC1C[C@]1(NC(=O)C1C[C@@H](O)CN1C(=O)C(NC(=O)OC1CCC(C)C1)C(C)(C)C)C(=O)O. The first-order valence-electron chi connectivity index (χ1n) is 11.9. The topological polar surface area (TPSA) is 145 Å². The Kier molecular flexibility index (Phi) is 7.31. The van der Waals surface area contributed by atoms with E-state index in [-0.39, 0.29) is 25.5 Å². The molecule has 0 aromatic heterocycles. The van der Waals surface area contributed by atoms with Crippen LogP contribution in [0.5, 0.6) is 0 Å². The lowest BCUT2D eigenvalue weighted by molar-refractivity contribution is -0.146. The van der Waals surface area contributed by atoms with Gasteiger partial charge < -0.3 is 30.5 Å². The van der Waals surface area contributed by atoms with Crippen LogP contribution < -0.4 is 10.6 Å². The number of aliphatic hydroxyl groups is 1. The molecule has 3 fully saturated rings. The molecule has 1 aliphatic heterocycles. The van der Waals surface area contributed by atoms with Crippen LogP contribution in [0.1, 0.15) is 59.8 Å². The molecule has 5 unspecified atom stereocenters. The van der Waals surface area contributed by atoms with E-state index in [1.54, 1.807) is 20.8 Å². The summed E-state index contributed by atoms with van der Waals surface area (Å²) in [5.41, 5.74) is -2.15. The molecule has 0 bridgehead atoms. The van der Waals surface area contributed by atoms with Crippen molar-refractivity contribution in [2.45, 2.75) is 89.6 Å². The Morgan fingerprint density at radius 1 is 1.21 bits per heavy atom. The summed E-state index contributed by atoms with van der Waals surface area (Å²) in [5.74, 6) is -2.26. The number of likely N-dealkylation sites (tertiary alicyclic amines) is 1. The molecular weight excluding hydrogens is 442 g/mol. The van der Waals surface area contributed by atoms with Crippen LogP contribution in [0.4, 0.5) is 4.79 Å². The second-order valence-electron chi connectivity index (χ2n) is 11.1. The Morgan fingerprint density at radius 3 is 2.38 bits per heavy atom. The number of carboxylic acid groups (broad SMARTS) is 1. The third-order valence-corrected chi connectivity index (χ3v) is 7.19. The van der Waals surface area contributed by atoms with E-state index >= 15 is 0 Å². The van der Waals surface area contributed by atoms with Gasteiger partial charge in [0.15, 0.2) is 0 Å². The van der Waals surface area contributed by atoms with Crippen molar-refractivity contribution < 1.29 is 34.1 Å². The van der Waals surface area contributed by atoms with Crippen LogP contribution in [0.15, 0.2) is 12.7 Å². The summed E-state index contributed by atoms with van der Waals surface area (Å²) in [4.78, 5) is 52.2. The molecule has 2 saturated carbocycles. The number of nitrogens with zero attached hydrogens (tertiary/aromatic N) is 1. The van der Waals surface area contributed by atoms with Gasteiger partial charge in [-0.25, -0.2) is 9.59 Å². The Labute approximate surface area is 200 Å². The van der Waals surface area contributed by atoms with Crippen LogP contribution >= 0.6 is 0 Å². The predicted octanol–water partition coefficient (Wildman–Crippen LogP) is 1.42. The second-order valence-corrected chi connectivity index (χ2v) is 11.1. The summed E-state index contributed by atoms with van der Waals surface area (Å²) in [7, 11) is 0. The minimum Gasteiger partial charge on any atom is -0.479 e. The second kappa shape index (κ2) is 9.56. The van der Waals surface area contributed by atoms with Crippen LogP contribution in [0.2, 0.25) is 0 Å². The van der Waals surface area contributed by atoms with Crippen LogP contribution in [-0.4, -0.2) is 75.4 Å². The highest BCUT2D eigenvalue weighted by Crippen LogP contribution is 2.45. The summed E-state index contributed by atoms with van der Waals surface area (Å²) in [6.45, 7) is 11.0. The highest BCUT2D eigenvalue weighted by molar-refractivity contribution is 5.96. The largest absolute Gasteiger partial charge is 0.479 e. The van der Waals surface area contributed by atoms with Crippen molar-refractivity contribution in [1.29, 1.82) is 0 Å². The predicted molar refractivity (Wildman–Crippen MR) is 123 cm³/mol. The van der Waals surface area contributed by atoms with E-state index in [0.29, 0.717) is 5.92 Å². The van der Waals surface area contributed by atoms with Gasteiger partial charge in [-0.3, -0.25) is 9.59 Å². The molecule has 10 heteroatoms. The van der Waals surface area contributed by atoms with Gasteiger partial charge in [0.25, 0.3) is 0 Å². The molecule has 0 radical (unpaired) electrons. The van der Waals surface area contributed by atoms with Crippen LogP contribution in [0, 0.1) is 17.3 Å². The zero-order chi connectivity index (χ0) is 25.4. The normalized spacial score (nSPS) is 33.7. The third kappa shape index (κ3) is 5.37. The highest BCUT2D eigenvalue weighted by Gasteiger charge is 2.61. The number of aliphatic hydroxyl groups excluding tert-OH is 1. The fraction of sp³-hybridized carbons (Fsp3) is 0.750. The van der Waals surface area contributed by atoms with E-state index in [1.807, 2.05) is 0 Å². The fourth-order valence-electron chi connectivity index (χ4n) is 5.00. The van der Waals surface area contributed by atoms with Crippen LogP contribution in [0.25, 0.3) is 0 Å². The average molecular weight is 480 g/mol. The Balaban J connectivity index is 1.72. The molecule has 2 aliphatic carbocycles. The minimum atomic E-state index is -1.44. The Hall–Kier alpha value is -2.62. The number of rotatable bonds is 7. The third-order valence-electron chi connectivity index (χ3n) is 7.19. The van der Waals surface area contributed by atoms with Gasteiger partial charge in [-0.2, -0.15) is 0 Å². The van der Waals surface area contributed by atoms with Crippen molar-refractivity contribution in [1.82, 2.24) is 15.5 Å². The number of alkyl carbamates (subject to hydrolysis) is 1. The molecule has 34 heavy (non-hydrogen) atoms. The highest BCUT2D eigenvalue weighted by atomic mass is 16.6. The van der Waals surface area contributed by atoms with E-state index in [0.717, 1.165) is 19.3 Å². The fourth-order valence-corrected chi connectivity index (χ4v) is 5.00. The van der Waals surface area contributed by atoms with Crippen molar-refractivity contribution >= 4 is 23.9 Å². The number of hydrogen-bond acceptors (Lipinski definition) is 6. The number of hydrogen-bond donors (Lipinski definition) is 4. The zero-order valence-corrected chi connectivity index (χ0v) is 20.4. The van der Waals surface area contributed by atoms with E-state index in [9.17, 15) is 29.4 Å². The molecule has 3 aliphatic rings.